The Kier molecular flexibility index (Phi) is 4.94. The standard InChI is InChI=1S/C15H14Cl2N2O2/c1-9(21-14-5-3-2-4-11(14)16)15(20)19-13-7-6-10(18)8-12(13)17/h2-9H,18H2,1H3,(H,19,20). The van der Waals surface area contributed by atoms with Gasteiger partial charge in [-0.15, -0.1) is 0 Å². The van der Waals surface area contributed by atoms with Crippen LogP contribution in [-0.4, -0.2) is 12.0 Å². The van der Waals surface area contributed by atoms with E-state index in [0.717, 1.165) is 0 Å². The van der Waals surface area contributed by atoms with Gasteiger partial charge in [-0.3, -0.25) is 4.79 Å². The minimum atomic E-state index is -0.724. The van der Waals surface area contributed by atoms with E-state index in [9.17, 15) is 4.79 Å². The van der Waals surface area contributed by atoms with Crippen LogP contribution in [0.1, 0.15) is 6.92 Å². The van der Waals surface area contributed by atoms with Gasteiger partial charge in [-0.05, 0) is 37.3 Å². The molecule has 0 aliphatic rings. The molecule has 1 amide bonds. The maximum absolute atomic E-state index is 12.1. The molecule has 0 fully saturated rings. The van der Waals surface area contributed by atoms with Crippen molar-refractivity contribution in [1.29, 1.82) is 0 Å². The molecule has 3 N–H and O–H groups in total. The molecule has 0 saturated heterocycles. The largest absolute Gasteiger partial charge is 0.479 e. The Bertz CT molecular complexity index is 662. The Hall–Kier alpha value is -1.91. The maximum atomic E-state index is 12.1. The Morgan fingerprint density at radius 1 is 1.19 bits per heavy atom. The molecule has 0 radical (unpaired) electrons. The van der Waals surface area contributed by atoms with Gasteiger partial charge in [-0.2, -0.15) is 0 Å². The summed E-state index contributed by atoms with van der Waals surface area (Å²) in [7, 11) is 0. The molecule has 1 unspecified atom stereocenters. The molecule has 2 aromatic carbocycles. The van der Waals surface area contributed by atoms with Crippen LogP contribution in [0.3, 0.4) is 0 Å². The molecule has 0 aliphatic carbocycles. The minimum Gasteiger partial charge on any atom is -0.479 e. The number of rotatable bonds is 4. The number of nitrogens with one attached hydrogen (secondary N) is 1. The van der Waals surface area contributed by atoms with E-state index in [2.05, 4.69) is 5.32 Å². The van der Waals surface area contributed by atoms with Gasteiger partial charge in [0.05, 0.1) is 15.7 Å². The lowest BCUT2D eigenvalue weighted by Crippen LogP contribution is -2.30. The Labute approximate surface area is 132 Å². The zero-order valence-electron chi connectivity index (χ0n) is 11.3. The van der Waals surface area contributed by atoms with E-state index in [1.54, 1.807) is 49.4 Å². The first kappa shape index (κ1) is 15.5. The Morgan fingerprint density at radius 3 is 2.57 bits per heavy atom. The van der Waals surface area contributed by atoms with Crippen LogP contribution < -0.4 is 15.8 Å². The van der Waals surface area contributed by atoms with Crippen molar-refractivity contribution >= 4 is 40.5 Å². The number of benzene rings is 2. The summed E-state index contributed by atoms with van der Waals surface area (Å²) in [5, 5.41) is 3.50. The van der Waals surface area contributed by atoms with Crippen LogP contribution in [0.5, 0.6) is 5.75 Å². The second kappa shape index (κ2) is 6.70. The number of ether oxygens (including phenoxy) is 1. The van der Waals surface area contributed by atoms with Gasteiger partial charge in [-0.1, -0.05) is 35.3 Å². The summed E-state index contributed by atoms with van der Waals surface area (Å²) in [5.41, 5.74) is 6.60. The summed E-state index contributed by atoms with van der Waals surface area (Å²) in [4.78, 5) is 12.1. The molecule has 0 heterocycles. The first-order valence-electron chi connectivity index (χ1n) is 6.24. The van der Waals surface area contributed by atoms with Crippen molar-refractivity contribution in [2.24, 2.45) is 0 Å². The summed E-state index contributed by atoms with van der Waals surface area (Å²) in [6.07, 6.45) is -0.724. The number of anilines is 2. The number of para-hydroxylation sites is 1. The van der Waals surface area contributed by atoms with Gasteiger partial charge < -0.3 is 15.8 Å². The van der Waals surface area contributed by atoms with E-state index in [-0.39, 0.29) is 5.91 Å². The van der Waals surface area contributed by atoms with Crippen molar-refractivity contribution in [3.05, 3.63) is 52.5 Å². The quantitative estimate of drug-likeness (QED) is 0.836. The summed E-state index contributed by atoms with van der Waals surface area (Å²) in [5.74, 6) is 0.117. The molecule has 0 saturated carbocycles. The third-order valence-electron chi connectivity index (χ3n) is 2.76. The van der Waals surface area contributed by atoms with Gasteiger partial charge in [0.15, 0.2) is 6.10 Å². The van der Waals surface area contributed by atoms with Crippen LogP contribution in [0.2, 0.25) is 10.0 Å². The Morgan fingerprint density at radius 2 is 1.90 bits per heavy atom. The molecule has 2 rings (SSSR count). The minimum absolute atomic E-state index is 0.332. The Balaban J connectivity index is 2.04. The second-order valence-corrected chi connectivity index (χ2v) is 5.23. The molecule has 0 aliphatic heterocycles. The fraction of sp³-hybridized carbons (Fsp3) is 0.133. The maximum Gasteiger partial charge on any atom is 0.265 e. The summed E-state index contributed by atoms with van der Waals surface area (Å²) in [6.45, 7) is 1.63. The number of hydrogen-bond donors (Lipinski definition) is 2. The van der Waals surface area contributed by atoms with Gasteiger partial charge >= 0.3 is 0 Å². The highest BCUT2D eigenvalue weighted by Gasteiger charge is 2.17. The second-order valence-electron chi connectivity index (χ2n) is 4.42. The highest BCUT2D eigenvalue weighted by Crippen LogP contribution is 2.26. The lowest BCUT2D eigenvalue weighted by atomic mass is 10.2. The molecule has 21 heavy (non-hydrogen) atoms. The average molecular weight is 325 g/mol. The van der Waals surface area contributed by atoms with Crippen LogP contribution >= 0.6 is 23.2 Å². The molecule has 0 aromatic heterocycles. The molecular formula is C15H14Cl2N2O2. The summed E-state index contributed by atoms with van der Waals surface area (Å²) >= 11 is 12.0. The van der Waals surface area contributed by atoms with Crippen molar-refractivity contribution in [1.82, 2.24) is 0 Å². The fourth-order valence-electron chi connectivity index (χ4n) is 1.65. The fourth-order valence-corrected chi connectivity index (χ4v) is 2.07. The third-order valence-corrected chi connectivity index (χ3v) is 3.39. The molecular weight excluding hydrogens is 311 g/mol. The van der Waals surface area contributed by atoms with Crippen LogP contribution in [0.25, 0.3) is 0 Å². The van der Waals surface area contributed by atoms with Crippen molar-refractivity contribution in [2.45, 2.75) is 13.0 Å². The molecule has 2 aromatic rings. The number of amides is 1. The number of carbonyl (C=O) groups is 1. The summed E-state index contributed by atoms with van der Waals surface area (Å²) < 4.78 is 5.53. The normalized spacial score (nSPS) is 11.8. The summed E-state index contributed by atoms with van der Waals surface area (Å²) in [6, 6.07) is 11.8. The number of hydrogen-bond acceptors (Lipinski definition) is 3. The number of halogens is 2. The van der Waals surface area contributed by atoms with E-state index in [0.29, 0.717) is 27.2 Å². The third kappa shape index (κ3) is 4.03. The topological polar surface area (TPSA) is 64.3 Å². The first-order chi connectivity index (χ1) is 9.97. The lowest BCUT2D eigenvalue weighted by Gasteiger charge is -2.16. The van der Waals surface area contributed by atoms with Crippen molar-refractivity contribution in [2.75, 3.05) is 11.1 Å². The van der Waals surface area contributed by atoms with E-state index < -0.39 is 6.10 Å². The molecule has 6 heteroatoms. The highest BCUT2D eigenvalue weighted by molar-refractivity contribution is 6.34. The zero-order valence-corrected chi connectivity index (χ0v) is 12.8. The van der Waals surface area contributed by atoms with Crippen molar-refractivity contribution < 1.29 is 9.53 Å². The molecule has 1 atom stereocenters. The average Bonchev–Trinajstić information content (AvgIpc) is 2.44. The SMILES string of the molecule is CC(Oc1ccccc1Cl)C(=O)Nc1ccc(N)cc1Cl. The van der Waals surface area contributed by atoms with Crippen LogP contribution in [0.4, 0.5) is 11.4 Å². The monoisotopic (exact) mass is 324 g/mol. The number of carbonyl (C=O) groups excluding carboxylic acids is 1. The molecule has 0 bridgehead atoms. The van der Waals surface area contributed by atoms with Crippen LogP contribution in [0.15, 0.2) is 42.5 Å². The lowest BCUT2D eigenvalue weighted by molar-refractivity contribution is -0.122. The van der Waals surface area contributed by atoms with Gasteiger partial charge in [0.1, 0.15) is 5.75 Å². The van der Waals surface area contributed by atoms with Gasteiger partial charge in [0.2, 0.25) is 0 Å². The van der Waals surface area contributed by atoms with E-state index in [4.69, 9.17) is 33.7 Å². The van der Waals surface area contributed by atoms with Crippen molar-refractivity contribution in [3.63, 3.8) is 0 Å². The van der Waals surface area contributed by atoms with Gasteiger partial charge in [-0.25, -0.2) is 0 Å². The predicted molar refractivity (Wildman–Crippen MR) is 86.0 cm³/mol. The van der Waals surface area contributed by atoms with Crippen LogP contribution in [0, 0.1) is 0 Å². The highest BCUT2D eigenvalue weighted by atomic mass is 35.5. The zero-order chi connectivity index (χ0) is 15.4. The van der Waals surface area contributed by atoms with Crippen LogP contribution in [-0.2, 0) is 4.79 Å². The van der Waals surface area contributed by atoms with Gasteiger partial charge in [0.25, 0.3) is 5.91 Å². The van der Waals surface area contributed by atoms with E-state index >= 15 is 0 Å². The first-order valence-corrected chi connectivity index (χ1v) is 7.00. The molecule has 0 spiro atoms. The molecule has 110 valence electrons. The number of nitrogen functional groups attached to an aromatic ring is 1. The smallest absolute Gasteiger partial charge is 0.265 e. The predicted octanol–water partition coefficient (Wildman–Crippen LogP) is 3.98. The van der Waals surface area contributed by atoms with Crippen molar-refractivity contribution in [3.8, 4) is 5.75 Å². The van der Waals surface area contributed by atoms with Gasteiger partial charge in [0, 0.05) is 5.69 Å². The number of nitrogens with two attached hydrogens (primary N) is 1. The molecule has 4 nitrogen and oxygen atoms in total. The van der Waals surface area contributed by atoms with E-state index in [1.807, 2.05) is 0 Å². The van der Waals surface area contributed by atoms with E-state index in [1.165, 1.54) is 0 Å².